The van der Waals surface area contributed by atoms with E-state index >= 15 is 0 Å². The van der Waals surface area contributed by atoms with E-state index in [9.17, 15) is 13.2 Å². The zero-order valence-corrected chi connectivity index (χ0v) is 20.5. The third kappa shape index (κ3) is 4.52. The van der Waals surface area contributed by atoms with Gasteiger partial charge in [0.2, 0.25) is 15.9 Å². The second-order valence-corrected chi connectivity index (χ2v) is 11.6. The summed E-state index contributed by atoms with van der Waals surface area (Å²) in [5, 5.41) is 0. The largest absolute Gasteiger partial charge is 0.311 e. The molecule has 0 bridgehead atoms. The molecule has 0 N–H and O–H groups in total. The molecule has 1 heterocycles. The van der Waals surface area contributed by atoms with E-state index in [-0.39, 0.29) is 23.4 Å². The van der Waals surface area contributed by atoms with Crippen molar-refractivity contribution in [2.75, 3.05) is 18.0 Å². The van der Waals surface area contributed by atoms with Gasteiger partial charge in [0, 0.05) is 27.2 Å². The van der Waals surface area contributed by atoms with Crippen molar-refractivity contribution in [3.8, 4) is 0 Å². The first-order valence-electron chi connectivity index (χ1n) is 10.2. The second-order valence-electron chi connectivity index (χ2n) is 7.86. The van der Waals surface area contributed by atoms with Crippen molar-refractivity contribution in [2.24, 2.45) is 0 Å². The monoisotopic (exact) mass is 554 g/mol. The number of nitrogens with zero attached hydrogens (tertiary/aromatic N) is 2. The molecule has 1 fully saturated rings. The number of hydrogen-bond acceptors (Lipinski definition) is 3. The number of hydrogen-bond donors (Lipinski definition) is 0. The summed E-state index contributed by atoms with van der Waals surface area (Å²) in [4.78, 5) is 15.2. The maximum absolute atomic E-state index is 13.5. The molecule has 4 rings (SSSR count). The molecule has 1 aliphatic carbocycles. The summed E-state index contributed by atoms with van der Waals surface area (Å²) in [7, 11) is -3.77. The molecule has 160 valence electrons. The number of carbonyl (C=O) groups excluding carboxylic acids is 1. The van der Waals surface area contributed by atoms with Gasteiger partial charge in [-0.1, -0.05) is 51.1 Å². The Morgan fingerprint density at radius 2 is 1.67 bits per heavy atom. The van der Waals surface area contributed by atoms with E-state index in [1.54, 1.807) is 29.2 Å². The fourth-order valence-electron chi connectivity index (χ4n) is 4.37. The quantitative estimate of drug-likeness (QED) is 0.514. The number of rotatable bonds is 5. The summed E-state index contributed by atoms with van der Waals surface area (Å²) in [5.41, 5.74) is 1.99. The van der Waals surface area contributed by atoms with Crippen LogP contribution in [0, 0.1) is 0 Å². The van der Waals surface area contributed by atoms with Gasteiger partial charge in [0.15, 0.2) is 0 Å². The minimum absolute atomic E-state index is 0.126. The Morgan fingerprint density at radius 1 is 1.00 bits per heavy atom. The van der Waals surface area contributed by atoms with Crippen molar-refractivity contribution < 1.29 is 13.2 Å². The highest BCUT2D eigenvalue weighted by Gasteiger charge is 2.36. The molecule has 0 aromatic heterocycles. The second kappa shape index (κ2) is 9.10. The molecule has 0 atom stereocenters. The van der Waals surface area contributed by atoms with Crippen LogP contribution in [-0.2, 0) is 21.2 Å². The predicted molar refractivity (Wildman–Crippen MR) is 125 cm³/mol. The van der Waals surface area contributed by atoms with Gasteiger partial charge in [0.1, 0.15) is 0 Å². The van der Waals surface area contributed by atoms with Crippen LogP contribution in [0.3, 0.4) is 0 Å². The van der Waals surface area contributed by atoms with Crippen LogP contribution in [0.15, 0.2) is 56.3 Å². The normalized spacial score (nSPS) is 17.4. The van der Waals surface area contributed by atoms with Gasteiger partial charge < -0.3 is 4.90 Å². The number of fused-ring (bicyclic) bond motifs is 1. The standard InChI is InChI=1S/C22H24Br2N2O3S/c23-17-6-9-20(10-7-17)30(28,29)26(19-4-2-1-3-5-19)15-22(27)25-13-12-16-14-18(24)8-11-21(16)25/h6-11,14,19H,1-5,12-13,15H2. The average molecular weight is 556 g/mol. The van der Waals surface area contributed by atoms with Gasteiger partial charge in [-0.2, -0.15) is 4.31 Å². The van der Waals surface area contributed by atoms with Gasteiger partial charge in [0.05, 0.1) is 11.4 Å². The summed E-state index contributed by atoms with van der Waals surface area (Å²) in [5.74, 6) is -0.165. The molecule has 1 amide bonds. The number of anilines is 1. The van der Waals surface area contributed by atoms with Gasteiger partial charge in [-0.15, -0.1) is 0 Å². The van der Waals surface area contributed by atoms with Crippen LogP contribution in [0.2, 0.25) is 0 Å². The number of amides is 1. The summed E-state index contributed by atoms with van der Waals surface area (Å²) in [6, 6.07) is 12.4. The number of sulfonamides is 1. The lowest BCUT2D eigenvalue weighted by Gasteiger charge is -2.34. The maximum Gasteiger partial charge on any atom is 0.243 e. The van der Waals surface area contributed by atoms with Crippen molar-refractivity contribution in [1.29, 1.82) is 0 Å². The van der Waals surface area contributed by atoms with Crippen molar-refractivity contribution in [3.63, 3.8) is 0 Å². The number of carbonyl (C=O) groups is 1. The molecule has 2 aliphatic rings. The van der Waals surface area contributed by atoms with Crippen LogP contribution >= 0.6 is 31.9 Å². The third-order valence-electron chi connectivity index (χ3n) is 5.93. The van der Waals surface area contributed by atoms with Gasteiger partial charge in [0.25, 0.3) is 0 Å². The molecular weight excluding hydrogens is 532 g/mol. The maximum atomic E-state index is 13.5. The molecule has 1 aliphatic heterocycles. The molecule has 0 radical (unpaired) electrons. The number of benzene rings is 2. The summed E-state index contributed by atoms with van der Waals surface area (Å²) in [6.45, 7) is 0.458. The minimum atomic E-state index is -3.77. The lowest BCUT2D eigenvalue weighted by molar-refractivity contribution is -0.119. The van der Waals surface area contributed by atoms with Crippen molar-refractivity contribution in [3.05, 3.63) is 57.0 Å². The van der Waals surface area contributed by atoms with Crippen molar-refractivity contribution in [1.82, 2.24) is 4.31 Å². The average Bonchev–Trinajstić information content (AvgIpc) is 3.15. The Labute approximate surface area is 194 Å². The molecule has 0 unspecified atom stereocenters. The first-order chi connectivity index (χ1) is 14.4. The summed E-state index contributed by atoms with van der Waals surface area (Å²) < 4.78 is 30.3. The Balaban J connectivity index is 1.62. The fourth-order valence-corrected chi connectivity index (χ4v) is 6.68. The molecule has 5 nitrogen and oxygen atoms in total. The fraction of sp³-hybridized carbons (Fsp3) is 0.409. The Morgan fingerprint density at radius 3 is 2.37 bits per heavy atom. The van der Waals surface area contributed by atoms with Crippen LogP contribution in [0.1, 0.15) is 37.7 Å². The van der Waals surface area contributed by atoms with Crippen molar-refractivity contribution >= 4 is 53.5 Å². The molecular formula is C22H24Br2N2O3S. The molecule has 2 aromatic carbocycles. The molecule has 0 saturated heterocycles. The van der Waals surface area contributed by atoms with Crippen LogP contribution in [-0.4, -0.2) is 37.8 Å². The smallest absolute Gasteiger partial charge is 0.243 e. The van der Waals surface area contributed by atoms with Gasteiger partial charge in [-0.25, -0.2) is 8.42 Å². The van der Waals surface area contributed by atoms with Crippen LogP contribution in [0.4, 0.5) is 5.69 Å². The van der Waals surface area contributed by atoms with E-state index in [1.807, 2.05) is 18.2 Å². The van der Waals surface area contributed by atoms with E-state index in [4.69, 9.17) is 0 Å². The molecule has 2 aromatic rings. The predicted octanol–water partition coefficient (Wildman–Crippen LogP) is 5.12. The Kier molecular flexibility index (Phi) is 6.67. The first kappa shape index (κ1) is 22.0. The van der Waals surface area contributed by atoms with Gasteiger partial charge in [-0.05, 0) is 67.3 Å². The third-order valence-corrected chi connectivity index (χ3v) is 8.87. The first-order valence-corrected chi connectivity index (χ1v) is 13.2. The zero-order valence-electron chi connectivity index (χ0n) is 16.6. The molecule has 30 heavy (non-hydrogen) atoms. The van der Waals surface area contributed by atoms with Crippen LogP contribution in [0.25, 0.3) is 0 Å². The highest BCUT2D eigenvalue weighted by molar-refractivity contribution is 9.10. The van der Waals surface area contributed by atoms with E-state index < -0.39 is 10.0 Å². The molecule has 1 saturated carbocycles. The van der Waals surface area contributed by atoms with E-state index in [1.165, 1.54) is 4.31 Å². The summed E-state index contributed by atoms with van der Waals surface area (Å²) >= 11 is 6.84. The minimum Gasteiger partial charge on any atom is -0.311 e. The SMILES string of the molecule is O=C(CN(C1CCCCC1)S(=O)(=O)c1ccc(Br)cc1)N1CCc2cc(Br)ccc21. The highest BCUT2D eigenvalue weighted by atomic mass is 79.9. The van der Waals surface area contributed by atoms with E-state index in [0.29, 0.717) is 6.54 Å². The van der Waals surface area contributed by atoms with E-state index in [0.717, 1.165) is 58.7 Å². The lowest BCUT2D eigenvalue weighted by Crippen LogP contribution is -2.48. The van der Waals surface area contributed by atoms with Crippen LogP contribution in [0.5, 0.6) is 0 Å². The van der Waals surface area contributed by atoms with Gasteiger partial charge in [-0.3, -0.25) is 4.79 Å². The highest BCUT2D eigenvalue weighted by Crippen LogP contribution is 2.32. The molecule has 0 spiro atoms. The Bertz CT molecular complexity index is 1030. The van der Waals surface area contributed by atoms with Crippen molar-refractivity contribution in [2.45, 2.75) is 49.5 Å². The zero-order chi connectivity index (χ0) is 21.3. The topological polar surface area (TPSA) is 57.7 Å². The van der Waals surface area contributed by atoms with Gasteiger partial charge >= 0.3 is 0 Å². The van der Waals surface area contributed by atoms with E-state index in [2.05, 4.69) is 31.9 Å². The van der Waals surface area contributed by atoms with Crippen LogP contribution < -0.4 is 4.90 Å². The number of halogens is 2. The summed E-state index contributed by atoms with van der Waals surface area (Å²) in [6.07, 6.45) is 5.48. The Hall–Kier alpha value is -1.22. The molecule has 8 heteroatoms. The lowest BCUT2D eigenvalue weighted by atomic mass is 9.95.